The molecule has 1 atom stereocenters. The van der Waals surface area contributed by atoms with Crippen LogP contribution in [0.25, 0.3) is 0 Å². The molecule has 0 aromatic heterocycles. The van der Waals surface area contributed by atoms with Gasteiger partial charge in [-0.3, -0.25) is 0 Å². The minimum absolute atomic E-state index is 0.685. The summed E-state index contributed by atoms with van der Waals surface area (Å²) in [7, 11) is 0. The molecule has 0 bridgehead atoms. The van der Waals surface area contributed by atoms with Crippen molar-refractivity contribution in [3.05, 3.63) is 30.3 Å². The second kappa shape index (κ2) is 5.17. The number of hydrogen-bond acceptors (Lipinski definition) is 2. The quantitative estimate of drug-likeness (QED) is 0.809. The topological polar surface area (TPSA) is 15.3 Å². The van der Waals surface area contributed by atoms with Crippen LogP contribution in [0.5, 0.6) is 0 Å². The molecule has 2 heteroatoms. The second-order valence-corrected chi connectivity index (χ2v) is 4.17. The molecule has 0 unspecified atom stereocenters. The summed E-state index contributed by atoms with van der Waals surface area (Å²) in [6.45, 7) is 5.64. The van der Waals surface area contributed by atoms with Gasteiger partial charge in [0.2, 0.25) is 0 Å². The molecule has 15 heavy (non-hydrogen) atoms. The fourth-order valence-corrected chi connectivity index (χ4v) is 2.23. The zero-order valence-corrected chi connectivity index (χ0v) is 9.45. The normalized spacial score (nSPS) is 20.5. The first-order valence-corrected chi connectivity index (χ1v) is 5.93. The van der Waals surface area contributed by atoms with Crippen LogP contribution in [-0.2, 0) is 0 Å². The van der Waals surface area contributed by atoms with E-state index in [1.807, 2.05) is 0 Å². The highest BCUT2D eigenvalue weighted by Gasteiger charge is 2.16. The fourth-order valence-electron chi connectivity index (χ4n) is 2.23. The highest BCUT2D eigenvalue weighted by atomic mass is 15.2. The molecule has 1 aromatic rings. The van der Waals surface area contributed by atoms with Crippen molar-refractivity contribution in [3.63, 3.8) is 0 Å². The molecule has 0 spiro atoms. The summed E-state index contributed by atoms with van der Waals surface area (Å²) in [5, 5.41) is 3.55. The summed E-state index contributed by atoms with van der Waals surface area (Å²) in [6, 6.07) is 11.4. The zero-order chi connectivity index (χ0) is 10.5. The summed E-state index contributed by atoms with van der Waals surface area (Å²) in [4.78, 5) is 2.45. The van der Waals surface area contributed by atoms with E-state index in [2.05, 4.69) is 47.5 Å². The second-order valence-electron chi connectivity index (χ2n) is 4.17. The van der Waals surface area contributed by atoms with Crippen molar-refractivity contribution in [1.29, 1.82) is 0 Å². The Balaban J connectivity index is 1.97. The SMILES string of the molecule is CCN(C[C@@H]1CCCN1)c1ccccc1. The lowest BCUT2D eigenvalue weighted by atomic mass is 10.2. The Hall–Kier alpha value is -1.02. The Morgan fingerprint density at radius 2 is 2.13 bits per heavy atom. The van der Waals surface area contributed by atoms with Crippen molar-refractivity contribution in [1.82, 2.24) is 5.32 Å². The summed E-state index contributed by atoms with van der Waals surface area (Å²) in [5.41, 5.74) is 1.34. The van der Waals surface area contributed by atoms with Gasteiger partial charge in [0.25, 0.3) is 0 Å². The Bertz CT molecular complexity index is 278. The number of hydrogen-bond donors (Lipinski definition) is 1. The van der Waals surface area contributed by atoms with E-state index >= 15 is 0 Å². The maximum atomic E-state index is 3.55. The van der Waals surface area contributed by atoms with Gasteiger partial charge in [0.15, 0.2) is 0 Å². The monoisotopic (exact) mass is 204 g/mol. The number of likely N-dealkylation sites (N-methyl/N-ethyl adjacent to an activating group) is 1. The molecule has 1 N–H and O–H groups in total. The van der Waals surface area contributed by atoms with Gasteiger partial charge < -0.3 is 10.2 Å². The smallest absolute Gasteiger partial charge is 0.0366 e. The maximum absolute atomic E-state index is 3.55. The lowest BCUT2D eigenvalue weighted by Crippen LogP contribution is -2.37. The molecule has 0 amide bonds. The number of rotatable bonds is 4. The Labute approximate surface area is 92.3 Å². The maximum Gasteiger partial charge on any atom is 0.0366 e. The fraction of sp³-hybridized carbons (Fsp3) is 0.538. The minimum atomic E-state index is 0.685. The van der Waals surface area contributed by atoms with Gasteiger partial charge in [-0.15, -0.1) is 0 Å². The third kappa shape index (κ3) is 2.72. The molecule has 1 heterocycles. The molecule has 0 aliphatic carbocycles. The third-order valence-corrected chi connectivity index (χ3v) is 3.11. The Morgan fingerprint density at radius 3 is 2.73 bits per heavy atom. The van der Waals surface area contributed by atoms with Crippen molar-refractivity contribution >= 4 is 5.69 Å². The first-order valence-electron chi connectivity index (χ1n) is 5.93. The number of para-hydroxylation sites is 1. The van der Waals surface area contributed by atoms with Crippen molar-refractivity contribution in [2.45, 2.75) is 25.8 Å². The average molecular weight is 204 g/mol. The van der Waals surface area contributed by atoms with Crippen LogP contribution in [0, 0.1) is 0 Å². The molecule has 0 saturated carbocycles. The van der Waals surface area contributed by atoms with E-state index in [-0.39, 0.29) is 0 Å². The third-order valence-electron chi connectivity index (χ3n) is 3.11. The van der Waals surface area contributed by atoms with E-state index in [9.17, 15) is 0 Å². The highest BCUT2D eigenvalue weighted by Crippen LogP contribution is 2.15. The van der Waals surface area contributed by atoms with Gasteiger partial charge in [0.1, 0.15) is 0 Å². The van der Waals surface area contributed by atoms with E-state index < -0.39 is 0 Å². The Morgan fingerprint density at radius 1 is 1.33 bits per heavy atom. The predicted molar refractivity (Wildman–Crippen MR) is 65.4 cm³/mol. The molecule has 2 rings (SSSR count). The molecular weight excluding hydrogens is 184 g/mol. The first kappa shape index (κ1) is 10.5. The Kier molecular flexibility index (Phi) is 3.62. The molecule has 1 aromatic carbocycles. The van der Waals surface area contributed by atoms with Gasteiger partial charge in [-0.05, 0) is 38.4 Å². The minimum Gasteiger partial charge on any atom is -0.370 e. The molecule has 1 saturated heterocycles. The van der Waals surface area contributed by atoms with Gasteiger partial charge in [0.05, 0.1) is 0 Å². The van der Waals surface area contributed by atoms with Crippen molar-refractivity contribution in [2.75, 3.05) is 24.5 Å². The van der Waals surface area contributed by atoms with Crippen LogP contribution in [-0.4, -0.2) is 25.7 Å². The number of anilines is 1. The number of nitrogens with zero attached hydrogens (tertiary/aromatic N) is 1. The summed E-state index contributed by atoms with van der Waals surface area (Å²) >= 11 is 0. The van der Waals surface area contributed by atoms with E-state index in [0.717, 1.165) is 13.1 Å². The zero-order valence-electron chi connectivity index (χ0n) is 9.45. The first-order chi connectivity index (χ1) is 7.40. The van der Waals surface area contributed by atoms with Crippen LogP contribution < -0.4 is 10.2 Å². The number of benzene rings is 1. The highest BCUT2D eigenvalue weighted by molar-refractivity contribution is 5.45. The van der Waals surface area contributed by atoms with Gasteiger partial charge in [-0.1, -0.05) is 18.2 Å². The van der Waals surface area contributed by atoms with Crippen LogP contribution in [0.3, 0.4) is 0 Å². The van der Waals surface area contributed by atoms with E-state index in [1.54, 1.807) is 0 Å². The largest absolute Gasteiger partial charge is 0.370 e. The summed E-state index contributed by atoms with van der Waals surface area (Å²) < 4.78 is 0. The average Bonchev–Trinajstić information content (AvgIpc) is 2.80. The van der Waals surface area contributed by atoms with E-state index in [1.165, 1.54) is 25.1 Å². The summed E-state index contributed by atoms with van der Waals surface area (Å²) in [6.07, 6.45) is 2.65. The molecule has 82 valence electrons. The van der Waals surface area contributed by atoms with E-state index in [4.69, 9.17) is 0 Å². The lowest BCUT2D eigenvalue weighted by Gasteiger charge is -2.26. The van der Waals surface area contributed by atoms with Crippen LogP contribution in [0.4, 0.5) is 5.69 Å². The van der Waals surface area contributed by atoms with Gasteiger partial charge in [-0.2, -0.15) is 0 Å². The predicted octanol–water partition coefficient (Wildman–Crippen LogP) is 2.26. The molecule has 0 radical (unpaired) electrons. The lowest BCUT2D eigenvalue weighted by molar-refractivity contribution is 0.587. The van der Waals surface area contributed by atoms with Crippen LogP contribution >= 0.6 is 0 Å². The van der Waals surface area contributed by atoms with Crippen LogP contribution in [0.2, 0.25) is 0 Å². The van der Waals surface area contributed by atoms with E-state index in [0.29, 0.717) is 6.04 Å². The van der Waals surface area contributed by atoms with Crippen LogP contribution in [0.15, 0.2) is 30.3 Å². The standard InChI is InChI=1S/C13H20N2/c1-2-15(11-12-7-6-10-14-12)13-8-4-3-5-9-13/h3-5,8-9,12,14H,2,6-7,10-11H2,1H3/t12-/m0/s1. The van der Waals surface area contributed by atoms with Gasteiger partial charge >= 0.3 is 0 Å². The summed E-state index contributed by atoms with van der Waals surface area (Å²) in [5.74, 6) is 0. The van der Waals surface area contributed by atoms with Crippen LogP contribution in [0.1, 0.15) is 19.8 Å². The molecule has 1 aliphatic heterocycles. The van der Waals surface area contributed by atoms with Crippen molar-refractivity contribution in [2.24, 2.45) is 0 Å². The molecule has 2 nitrogen and oxygen atoms in total. The van der Waals surface area contributed by atoms with Gasteiger partial charge in [-0.25, -0.2) is 0 Å². The molecular formula is C13H20N2. The molecule has 1 fully saturated rings. The number of nitrogens with one attached hydrogen (secondary N) is 1. The van der Waals surface area contributed by atoms with Crippen molar-refractivity contribution in [3.8, 4) is 0 Å². The van der Waals surface area contributed by atoms with Crippen molar-refractivity contribution < 1.29 is 0 Å². The van der Waals surface area contributed by atoms with Gasteiger partial charge in [0, 0.05) is 24.8 Å². The molecule has 1 aliphatic rings.